The Hall–Kier alpha value is -1.95. The Morgan fingerprint density at radius 2 is 2.13 bits per heavy atom. The van der Waals surface area contributed by atoms with E-state index >= 15 is 0 Å². The summed E-state index contributed by atoms with van der Waals surface area (Å²) in [4.78, 5) is 9.89. The lowest BCUT2D eigenvalue weighted by Crippen LogP contribution is -2.11. The number of non-ortho nitro benzene ring substituents is 1. The van der Waals surface area contributed by atoms with Crippen LogP contribution in [0.3, 0.4) is 0 Å². The molecule has 0 saturated heterocycles. The number of nitrogens with zero attached hydrogens (tertiary/aromatic N) is 2. The lowest BCUT2D eigenvalue weighted by Gasteiger charge is -1.95. The first-order chi connectivity index (χ1) is 7.24. The van der Waals surface area contributed by atoms with Crippen molar-refractivity contribution >= 4 is 11.9 Å². The van der Waals surface area contributed by atoms with Gasteiger partial charge in [-0.25, -0.2) is 0 Å². The van der Waals surface area contributed by atoms with Gasteiger partial charge in [-0.3, -0.25) is 10.1 Å². The van der Waals surface area contributed by atoms with Crippen molar-refractivity contribution in [2.75, 3.05) is 13.2 Å². The number of hydrazone groups is 1. The fourth-order valence-corrected chi connectivity index (χ4v) is 0.917. The predicted octanol–water partition coefficient (Wildman–Crippen LogP) is 0.511. The van der Waals surface area contributed by atoms with Crippen LogP contribution >= 0.6 is 0 Å². The third-order valence-electron chi connectivity index (χ3n) is 1.63. The number of nitro benzene ring substituents is 1. The molecular formula is C9H11N3O3. The monoisotopic (exact) mass is 209 g/mol. The summed E-state index contributed by atoms with van der Waals surface area (Å²) < 4.78 is 0. The number of hydrogen-bond acceptors (Lipinski definition) is 5. The van der Waals surface area contributed by atoms with Crippen molar-refractivity contribution < 1.29 is 10.0 Å². The molecule has 0 amide bonds. The van der Waals surface area contributed by atoms with Crippen LogP contribution < -0.4 is 5.43 Å². The summed E-state index contributed by atoms with van der Waals surface area (Å²) in [5.41, 5.74) is 3.41. The van der Waals surface area contributed by atoms with Crippen LogP contribution in [0.4, 0.5) is 5.69 Å². The van der Waals surface area contributed by atoms with Gasteiger partial charge in [0.1, 0.15) is 0 Å². The maximum absolute atomic E-state index is 10.3. The van der Waals surface area contributed by atoms with Crippen molar-refractivity contribution in [2.45, 2.75) is 0 Å². The van der Waals surface area contributed by atoms with Gasteiger partial charge in [0.2, 0.25) is 0 Å². The lowest BCUT2D eigenvalue weighted by atomic mass is 10.2. The SMILES string of the molecule is O=[N+]([O-])c1ccc(/C=N/NCCO)cc1. The average molecular weight is 209 g/mol. The van der Waals surface area contributed by atoms with Gasteiger partial charge in [0, 0.05) is 12.1 Å². The van der Waals surface area contributed by atoms with Crippen LogP contribution in [0.25, 0.3) is 0 Å². The van der Waals surface area contributed by atoms with Crippen molar-refractivity contribution in [3.8, 4) is 0 Å². The average Bonchev–Trinajstić information content (AvgIpc) is 2.25. The molecule has 0 spiro atoms. The van der Waals surface area contributed by atoms with Gasteiger partial charge >= 0.3 is 0 Å². The van der Waals surface area contributed by atoms with Crippen LogP contribution in [-0.2, 0) is 0 Å². The van der Waals surface area contributed by atoms with Crippen LogP contribution in [0, 0.1) is 10.1 Å². The standard InChI is InChI=1S/C9H11N3O3/c13-6-5-10-11-7-8-1-3-9(4-2-8)12(14)15/h1-4,7,10,13H,5-6H2/b11-7+. The number of hydrogen-bond donors (Lipinski definition) is 2. The molecule has 6 heteroatoms. The van der Waals surface area contributed by atoms with E-state index in [-0.39, 0.29) is 12.3 Å². The molecular weight excluding hydrogens is 198 g/mol. The number of nitro groups is 1. The maximum Gasteiger partial charge on any atom is 0.269 e. The zero-order chi connectivity index (χ0) is 11.1. The molecule has 80 valence electrons. The molecule has 0 atom stereocenters. The van der Waals surface area contributed by atoms with Gasteiger partial charge in [0.25, 0.3) is 5.69 Å². The van der Waals surface area contributed by atoms with Crippen molar-refractivity contribution in [2.24, 2.45) is 5.10 Å². The minimum atomic E-state index is -0.453. The molecule has 0 fully saturated rings. The Labute approximate surface area is 86.4 Å². The molecule has 6 nitrogen and oxygen atoms in total. The van der Waals surface area contributed by atoms with E-state index in [4.69, 9.17) is 5.11 Å². The van der Waals surface area contributed by atoms with Crippen molar-refractivity contribution in [3.63, 3.8) is 0 Å². The van der Waals surface area contributed by atoms with Crippen molar-refractivity contribution in [1.82, 2.24) is 5.43 Å². The molecule has 1 rings (SSSR count). The van der Waals surface area contributed by atoms with Gasteiger partial charge < -0.3 is 10.5 Å². The molecule has 1 aromatic carbocycles. The molecule has 0 saturated carbocycles. The van der Waals surface area contributed by atoms with E-state index in [1.165, 1.54) is 18.3 Å². The minimum absolute atomic E-state index is 0.0115. The van der Waals surface area contributed by atoms with Crippen molar-refractivity contribution in [1.29, 1.82) is 0 Å². The summed E-state index contributed by atoms with van der Waals surface area (Å²) in [5.74, 6) is 0. The van der Waals surface area contributed by atoms with Gasteiger partial charge in [0.05, 0.1) is 24.3 Å². The summed E-state index contributed by atoms with van der Waals surface area (Å²) in [5, 5.41) is 22.6. The van der Waals surface area contributed by atoms with Crippen LogP contribution in [-0.4, -0.2) is 29.4 Å². The third-order valence-corrected chi connectivity index (χ3v) is 1.63. The maximum atomic E-state index is 10.3. The fraction of sp³-hybridized carbons (Fsp3) is 0.222. The van der Waals surface area contributed by atoms with E-state index in [1.54, 1.807) is 12.1 Å². The van der Waals surface area contributed by atoms with Crippen molar-refractivity contribution in [3.05, 3.63) is 39.9 Å². The second kappa shape index (κ2) is 5.71. The van der Waals surface area contributed by atoms with E-state index in [0.717, 1.165) is 5.56 Å². The minimum Gasteiger partial charge on any atom is -0.394 e. The Morgan fingerprint density at radius 1 is 1.47 bits per heavy atom. The quantitative estimate of drug-likeness (QED) is 0.320. The Bertz CT molecular complexity index is 348. The van der Waals surface area contributed by atoms with Crippen LogP contribution in [0.15, 0.2) is 29.4 Å². The highest BCUT2D eigenvalue weighted by Gasteiger charge is 2.02. The van der Waals surface area contributed by atoms with Gasteiger partial charge in [-0.1, -0.05) is 0 Å². The van der Waals surface area contributed by atoms with Gasteiger partial charge in [-0.05, 0) is 17.7 Å². The van der Waals surface area contributed by atoms with E-state index in [2.05, 4.69) is 10.5 Å². The second-order valence-corrected chi connectivity index (χ2v) is 2.74. The molecule has 0 aliphatic heterocycles. The van der Waals surface area contributed by atoms with Gasteiger partial charge in [-0.15, -0.1) is 0 Å². The summed E-state index contributed by atoms with van der Waals surface area (Å²) in [6.45, 7) is 0.390. The molecule has 0 aliphatic carbocycles. The zero-order valence-corrected chi connectivity index (χ0v) is 7.96. The third kappa shape index (κ3) is 3.74. The molecule has 15 heavy (non-hydrogen) atoms. The summed E-state index contributed by atoms with van der Waals surface area (Å²) in [6.07, 6.45) is 1.53. The highest BCUT2D eigenvalue weighted by atomic mass is 16.6. The second-order valence-electron chi connectivity index (χ2n) is 2.74. The van der Waals surface area contributed by atoms with E-state index < -0.39 is 4.92 Å². The molecule has 0 aliphatic rings. The summed E-state index contributed by atoms with van der Waals surface area (Å²) in [6, 6.07) is 6.02. The molecule has 0 bridgehead atoms. The molecule has 2 N–H and O–H groups in total. The number of aliphatic hydroxyl groups excluding tert-OH is 1. The Morgan fingerprint density at radius 3 is 2.67 bits per heavy atom. The molecule has 0 aromatic heterocycles. The molecule has 0 unspecified atom stereocenters. The Kier molecular flexibility index (Phi) is 4.24. The van der Waals surface area contributed by atoms with Gasteiger partial charge in [0.15, 0.2) is 0 Å². The highest BCUT2D eigenvalue weighted by molar-refractivity contribution is 5.79. The first kappa shape index (κ1) is 11.1. The smallest absolute Gasteiger partial charge is 0.269 e. The summed E-state index contributed by atoms with van der Waals surface area (Å²) in [7, 11) is 0. The molecule has 1 aromatic rings. The van der Waals surface area contributed by atoms with E-state index in [9.17, 15) is 10.1 Å². The number of nitrogens with one attached hydrogen (secondary N) is 1. The fourth-order valence-electron chi connectivity index (χ4n) is 0.917. The van der Waals surface area contributed by atoms with Crippen LogP contribution in [0.5, 0.6) is 0 Å². The first-order valence-electron chi connectivity index (χ1n) is 4.35. The number of aliphatic hydroxyl groups is 1. The largest absolute Gasteiger partial charge is 0.394 e. The topological polar surface area (TPSA) is 87.8 Å². The van der Waals surface area contributed by atoms with Crippen LogP contribution in [0.2, 0.25) is 0 Å². The molecule has 0 heterocycles. The predicted molar refractivity (Wildman–Crippen MR) is 55.8 cm³/mol. The molecule has 0 radical (unpaired) electrons. The number of benzene rings is 1. The van der Waals surface area contributed by atoms with E-state index in [0.29, 0.717) is 6.54 Å². The zero-order valence-electron chi connectivity index (χ0n) is 7.96. The van der Waals surface area contributed by atoms with Gasteiger partial charge in [-0.2, -0.15) is 5.10 Å². The Balaban J connectivity index is 2.56. The lowest BCUT2D eigenvalue weighted by molar-refractivity contribution is -0.384. The summed E-state index contributed by atoms with van der Waals surface area (Å²) >= 11 is 0. The highest BCUT2D eigenvalue weighted by Crippen LogP contribution is 2.10. The van der Waals surface area contributed by atoms with E-state index in [1.807, 2.05) is 0 Å². The number of rotatable bonds is 5. The first-order valence-corrected chi connectivity index (χ1v) is 4.35. The van der Waals surface area contributed by atoms with Crippen LogP contribution in [0.1, 0.15) is 5.56 Å². The normalized spacial score (nSPS) is 10.5.